The highest BCUT2D eigenvalue weighted by atomic mass is 16.7. The number of azide groups is 1. The molecule has 1 heterocycles. The number of nitrogens with zero attached hydrogens (tertiary/aromatic N) is 3. The van der Waals surface area contributed by atoms with Gasteiger partial charge in [-0.3, -0.25) is 0 Å². The number of aliphatic hydroxyl groups excluding tert-OH is 4. The van der Waals surface area contributed by atoms with E-state index < -0.39 is 61.8 Å². The third kappa shape index (κ3) is 5.09. The minimum Gasteiger partial charge on any atom is -0.477 e. The highest BCUT2D eigenvalue weighted by Crippen LogP contribution is 2.38. The van der Waals surface area contributed by atoms with E-state index in [9.17, 15) is 30.0 Å². The molecule has 0 aromatic rings. The summed E-state index contributed by atoms with van der Waals surface area (Å²) in [6.07, 6.45) is -7.32. The lowest BCUT2D eigenvalue weighted by molar-refractivity contribution is -0.318. The lowest BCUT2D eigenvalue weighted by atomic mass is 9.80. The minimum absolute atomic E-state index is 0.257. The summed E-state index contributed by atoms with van der Waals surface area (Å²) in [7, 11) is 0. The van der Waals surface area contributed by atoms with Crippen molar-refractivity contribution < 1.29 is 44.6 Å². The van der Waals surface area contributed by atoms with Crippen molar-refractivity contribution in [2.75, 3.05) is 13.3 Å². The van der Waals surface area contributed by atoms with Gasteiger partial charge in [-0.15, -0.1) is 0 Å². The summed E-state index contributed by atoms with van der Waals surface area (Å²) >= 11 is 0. The number of carbonyl (C=O) groups excluding carboxylic acids is 1. The molecular formula is C13H21N3O9. The quantitative estimate of drug-likeness (QED) is 0.184. The van der Waals surface area contributed by atoms with Crippen LogP contribution in [0.25, 0.3) is 10.4 Å². The Balaban J connectivity index is 3.19. The van der Waals surface area contributed by atoms with E-state index in [1.54, 1.807) is 0 Å². The number of hydrogen-bond donors (Lipinski definition) is 5. The number of ether oxygens (including phenoxy) is 2. The van der Waals surface area contributed by atoms with Gasteiger partial charge in [-0.2, -0.15) is 0 Å². The van der Waals surface area contributed by atoms with E-state index in [4.69, 9.17) is 20.1 Å². The summed E-state index contributed by atoms with van der Waals surface area (Å²) in [5.41, 5.74) is 8.26. The first-order valence-corrected chi connectivity index (χ1v) is 7.39. The van der Waals surface area contributed by atoms with Gasteiger partial charge >= 0.3 is 5.97 Å². The van der Waals surface area contributed by atoms with E-state index in [1.165, 1.54) is 6.92 Å². The van der Waals surface area contributed by atoms with Crippen LogP contribution in [0.15, 0.2) is 5.11 Å². The molecule has 1 rings (SSSR count). The summed E-state index contributed by atoms with van der Waals surface area (Å²) in [5.74, 6) is -5.51. The van der Waals surface area contributed by atoms with E-state index in [2.05, 4.69) is 10.0 Å². The van der Waals surface area contributed by atoms with Crippen molar-refractivity contribution in [2.24, 2.45) is 11.0 Å². The van der Waals surface area contributed by atoms with Gasteiger partial charge in [0.15, 0.2) is 0 Å². The third-order valence-electron chi connectivity index (χ3n) is 3.91. The van der Waals surface area contributed by atoms with Crippen LogP contribution in [0.1, 0.15) is 19.8 Å². The van der Waals surface area contributed by atoms with Gasteiger partial charge in [-0.05, 0) is 12.5 Å². The molecule has 3 unspecified atom stereocenters. The van der Waals surface area contributed by atoms with Gasteiger partial charge < -0.3 is 39.8 Å². The number of rotatable bonds is 9. The SMILES string of the molecule is CC(=O)C[C@H]1C(C(O)C(O)CO)O[C@@](OCN=[N+]=[N-])(C(=O)O)C[C@H]1O. The second-order valence-corrected chi connectivity index (χ2v) is 5.73. The molecule has 0 amide bonds. The molecular weight excluding hydrogens is 342 g/mol. The second kappa shape index (κ2) is 9.06. The topological polar surface area (TPSA) is 203 Å². The number of aliphatic carboxylic acids is 1. The van der Waals surface area contributed by atoms with Crippen molar-refractivity contribution in [1.29, 1.82) is 0 Å². The van der Waals surface area contributed by atoms with Crippen LogP contribution >= 0.6 is 0 Å². The van der Waals surface area contributed by atoms with E-state index >= 15 is 0 Å². The molecule has 1 fully saturated rings. The zero-order valence-electron chi connectivity index (χ0n) is 13.4. The maximum Gasteiger partial charge on any atom is 0.364 e. The number of carboxylic acids is 1. The van der Waals surface area contributed by atoms with Crippen molar-refractivity contribution in [3.8, 4) is 0 Å². The molecule has 1 aliphatic rings. The molecule has 0 bridgehead atoms. The van der Waals surface area contributed by atoms with Gasteiger partial charge in [0.25, 0.3) is 5.79 Å². The first-order valence-electron chi connectivity index (χ1n) is 7.39. The molecule has 12 heteroatoms. The Morgan fingerprint density at radius 2 is 2.12 bits per heavy atom. The summed E-state index contributed by atoms with van der Waals surface area (Å²) in [4.78, 5) is 25.4. The Morgan fingerprint density at radius 3 is 2.60 bits per heavy atom. The van der Waals surface area contributed by atoms with Crippen LogP contribution in [0.4, 0.5) is 0 Å². The maximum absolute atomic E-state index is 11.6. The van der Waals surface area contributed by atoms with Crippen LogP contribution in [0, 0.1) is 5.92 Å². The summed E-state index contributed by atoms with van der Waals surface area (Å²) in [5, 5.41) is 51.5. The van der Waals surface area contributed by atoms with E-state index in [0.29, 0.717) is 0 Å². The highest BCUT2D eigenvalue weighted by molar-refractivity contribution is 5.77. The molecule has 0 radical (unpaired) electrons. The number of Topliss-reactive ketones (excluding diaryl/α,β-unsaturated/α-hetero) is 1. The molecule has 0 spiro atoms. The third-order valence-corrected chi connectivity index (χ3v) is 3.91. The van der Waals surface area contributed by atoms with Crippen LogP contribution in [-0.4, -0.2) is 80.8 Å². The molecule has 0 aliphatic carbocycles. The van der Waals surface area contributed by atoms with Crippen LogP contribution < -0.4 is 0 Å². The van der Waals surface area contributed by atoms with Crippen LogP contribution in [0.5, 0.6) is 0 Å². The van der Waals surface area contributed by atoms with Gasteiger partial charge in [-0.25, -0.2) is 4.79 Å². The Kier molecular flexibility index (Phi) is 7.70. The molecule has 25 heavy (non-hydrogen) atoms. The molecule has 0 saturated carbocycles. The van der Waals surface area contributed by atoms with E-state index in [-0.39, 0.29) is 12.2 Å². The van der Waals surface area contributed by atoms with Crippen molar-refractivity contribution in [3.05, 3.63) is 10.4 Å². The summed E-state index contributed by atoms with van der Waals surface area (Å²) in [6, 6.07) is 0. The normalized spacial score (nSPS) is 31.6. The van der Waals surface area contributed by atoms with Crippen molar-refractivity contribution >= 4 is 11.8 Å². The average Bonchev–Trinajstić information content (AvgIpc) is 2.55. The zero-order chi connectivity index (χ0) is 19.2. The molecule has 1 aliphatic heterocycles. The van der Waals surface area contributed by atoms with E-state index in [1.807, 2.05) is 0 Å². The fourth-order valence-electron chi connectivity index (χ4n) is 2.69. The van der Waals surface area contributed by atoms with Crippen molar-refractivity contribution in [3.63, 3.8) is 0 Å². The van der Waals surface area contributed by atoms with Gasteiger partial charge in [0, 0.05) is 23.7 Å². The summed E-state index contributed by atoms with van der Waals surface area (Å²) < 4.78 is 10.3. The minimum atomic E-state index is -2.46. The molecule has 12 nitrogen and oxygen atoms in total. The number of hydrogen-bond acceptors (Lipinski definition) is 9. The Morgan fingerprint density at radius 1 is 1.48 bits per heavy atom. The maximum atomic E-state index is 11.6. The Hall–Kier alpha value is -1.79. The number of aliphatic hydroxyl groups is 4. The average molecular weight is 363 g/mol. The number of ketones is 1. The Bertz CT molecular complexity index is 539. The largest absolute Gasteiger partial charge is 0.477 e. The van der Waals surface area contributed by atoms with Crippen LogP contribution in [-0.2, 0) is 19.1 Å². The number of carbonyl (C=O) groups is 2. The molecule has 142 valence electrons. The lowest BCUT2D eigenvalue weighted by Crippen LogP contribution is -2.62. The van der Waals surface area contributed by atoms with Gasteiger partial charge in [0.05, 0.1) is 18.8 Å². The van der Waals surface area contributed by atoms with Crippen LogP contribution in [0.3, 0.4) is 0 Å². The fraction of sp³-hybridized carbons (Fsp3) is 0.846. The van der Waals surface area contributed by atoms with Crippen LogP contribution in [0.2, 0.25) is 0 Å². The molecule has 6 atom stereocenters. The van der Waals surface area contributed by atoms with Gasteiger partial charge in [0.1, 0.15) is 24.7 Å². The summed E-state index contributed by atoms with van der Waals surface area (Å²) in [6.45, 7) is -0.350. The smallest absolute Gasteiger partial charge is 0.364 e. The van der Waals surface area contributed by atoms with Crippen molar-refractivity contribution in [1.82, 2.24) is 0 Å². The molecule has 5 N–H and O–H groups in total. The van der Waals surface area contributed by atoms with Gasteiger partial charge in [0.2, 0.25) is 0 Å². The monoisotopic (exact) mass is 363 g/mol. The van der Waals surface area contributed by atoms with E-state index in [0.717, 1.165) is 0 Å². The zero-order valence-corrected chi connectivity index (χ0v) is 13.4. The predicted molar refractivity (Wildman–Crippen MR) is 78.8 cm³/mol. The first-order chi connectivity index (χ1) is 11.7. The molecule has 1 saturated heterocycles. The Labute approximate surface area is 142 Å². The van der Waals surface area contributed by atoms with Gasteiger partial charge in [-0.1, -0.05) is 5.11 Å². The molecule has 0 aromatic carbocycles. The van der Waals surface area contributed by atoms with Crippen molar-refractivity contribution in [2.45, 2.75) is 50.0 Å². The first kappa shape index (κ1) is 21.3. The fourth-order valence-corrected chi connectivity index (χ4v) is 2.69. The lowest BCUT2D eigenvalue weighted by Gasteiger charge is -2.46. The standard InChI is InChI=1S/C13H21N3O9/c1-6(18)2-7-8(19)3-13(12(22)23,24-5-15-16-14)25-11(7)10(21)9(20)4-17/h7-11,17,19-21H,2-5H2,1H3,(H,22,23)/t7-,8-,9?,10?,11?,13-/m1/s1. The second-order valence-electron chi connectivity index (χ2n) is 5.73. The predicted octanol–water partition coefficient (Wildman–Crippen LogP) is -1.49. The molecule has 0 aromatic heterocycles. The number of carboxylic acid groups (broad SMARTS) is 1. The highest BCUT2D eigenvalue weighted by Gasteiger charge is 2.55.